The fourth-order valence-electron chi connectivity index (χ4n) is 2.07. The van der Waals surface area contributed by atoms with Crippen molar-refractivity contribution in [3.8, 4) is 11.3 Å². The average molecular weight is 326 g/mol. The summed E-state index contributed by atoms with van der Waals surface area (Å²) in [4.78, 5) is 7.61. The van der Waals surface area contributed by atoms with Crippen molar-refractivity contribution in [2.45, 2.75) is 6.04 Å². The van der Waals surface area contributed by atoms with Crippen LogP contribution in [0.1, 0.15) is 11.9 Å². The number of imidazole rings is 1. The summed E-state index contributed by atoms with van der Waals surface area (Å²) in [6.07, 6.45) is 1.76. The van der Waals surface area contributed by atoms with Crippen LogP contribution in [0.25, 0.3) is 11.3 Å². The van der Waals surface area contributed by atoms with Gasteiger partial charge in [0, 0.05) is 12.1 Å². The monoisotopic (exact) mass is 325 g/mol. The number of hydrogen-bond donors (Lipinski definition) is 2. The number of halogens is 2. The highest BCUT2D eigenvalue weighted by molar-refractivity contribution is 9.10. The second-order valence-electron chi connectivity index (χ2n) is 4.39. The number of H-pyrrole nitrogens is 1. The Bertz CT molecular complexity index is 581. The summed E-state index contributed by atoms with van der Waals surface area (Å²) >= 11 is 3.19. The maximum Gasteiger partial charge on any atom is 0.137 e. The van der Waals surface area contributed by atoms with Gasteiger partial charge in [0.1, 0.15) is 11.6 Å². The van der Waals surface area contributed by atoms with E-state index in [2.05, 4.69) is 31.2 Å². The molecule has 1 atom stereocenters. The van der Waals surface area contributed by atoms with Crippen LogP contribution in [0.2, 0.25) is 0 Å². The zero-order chi connectivity index (χ0) is 13.2. The summed E-state index contributed by atoms with van der Waals surface area (Å²) in [5.41, 5.74) is 1.76. The number of nitrogens with zero attached hydrogens (tertiary/aromatic N) is 1. The van der Waals surface area contributed by atoms with Gasteiger partial charge in [0.25, 0.3) is 0 Å². The Hall–Kier alpha value is -1.24. The number of aromatic nitrogens is 2. The van der Waals surface area contributed by atoms with Crippen LogP contribution in [-0.4, -0.2) is 29.7 Å². The Balaban J connectivity index is 1.85. The fourth-order valence-corrected chi connectivity index (χ4v) is 2.44. The molecule has 1 aromatic heterocycles. The SMILES string of the molecule is Fc1ccc(-c2cnc(C3COCCN3)[nH]2)cc1Br. The third kappa shape index (κ3) is 2.70. The molecule has 2 N–H and O–H groups in total. The first kappa shape index (κ1) is 12.8. The van der Waals surface area contributed by atoms with Gasteiger partial charge in [0.15, 0.2) is 0 Å². The minimum absolute atomic E-state index is 0.0892. The molecule has 0 bridgehead atoms. The van der Waals surface area contributed by atoms with Gasteiger partial charge in [0.2, 0.25) is 0 Å². The summed E-state index contributed by atoms with van der Waals surface area (Å²) in [7, 11) is 0. The summed E-state index contributed by atoms with van der Waals surface area (Å²) in [5.74, 6) is 0.570. The maximum atomic E-state index is 13.2. The van der Waals surface area contributed by atoms with Gasteiger partial charge in [0.05, 0.1) is 35.6 Å². The molecule has 4 nitrogen and oxygen atoms in total. The molecule has 100 valence electrons. The van der Waals surface area contributed by atoms with E-state index in [1.807, 2.05) is 0 Å². The number of rotatable bonds is 2. The molecule has 1 aliphatic rings. The number of ether oxygens (including phenoxy) is 1. The molecule has 3 rings (SSSR count). The van der Waals surface area contributed by atoms with Crippen molar-refractivity contribution >= 4 is 15.9 Å². The van der Waals surface area contributed by atoms with E-state index >= 15 is 0 Å². The van der Waals surface area contributed by atoms with Crippen molar-refractivity contribution in [2.75, 3.05) is 19.8 Å². The van der Waals surface area contributed by atoms with Crippen LogP contribution in [0.4, 0.5) is 4.39 Å². The summed E-state index contributed by atoms with van der Waals surface area (Å²) in [6.45, 7) is 2.16. The zero-order valence-electron chi connectivity index (χ0n) is 10.1. The first-order valence-corrected chi connectivity index (χ1v) is 6.85. The van der Waals surface area contributed by atoms with Crippen molar-refractivity contribution in [1.29, 1.82) is 0 Å². The van der Waals surface area contributed by atoms with Crippen molar-refractivity contribution in [3.05, 3.63) is 40.5 Å². The third-order valence-corrected chi connectivity index (χ3v) is 3.69. The Morgan fingerprint density at radius 1 is 1.42 bits per heavy atom. The average Bonchev–Trinajstić information content (AvgIpc) is 2.93. The molecule has 1 unspecified atom stereocenters. The third-order valence-electron chi connectivity index (χ3n) is 3.08. The van der Waals surface area contributed by atoms with Gasteiger partial charge in [-0.25, -0.2) is 9.37 Å². The van der Waals surface area contributed by atoms with Crippen LogP contribution >= 0.6 is 15.9 Å². The normalized spacial score (nSPS) is 19.6. The van der Waals surface area contributed by atoms with Crippen LogP contribution in [0, 0.1) is 5.82 Å². The van der Waals surface area contributed by atoms with Crippen LogP contribution in [0.5, 0.6) is 0 Å². The van der Waals surface area contributed by atoms with Crippen LogP contribution < -0.4 is 5.32 Å². The number of aromatic amines is 1. The predicted octanol–water partition coefficient (Wildman–Crippen LogP) is 2.64. The van der Waals surface area contributed by atoms with Gasteiger partial charge < -0.3 is 15.0 Å². The smallest absolute Gasteiger partial charge is 0.137 e. The molecule has 0 saturated carbocycles. The minimum Gasteiger partial charge on any atom is -0.378 e. The molecule has 1 fully saturated rings. The Kier molecular flexibility index (Phi) is 3.63. The van der Waals surface area contributed by atoms with Crippen molar-refractivity contribution < 1.29 is 9.13 Å². The Labute approximate surface area is 118 Å². The fraction of sp³-hybridized carbons (Fsp3) is 0.308. The van der Waals surface area contributed by atoms with Gasteiger partial charge in [-0.15, -0.1) is 0 Å². The highest BCUT2D eigenvalue weighted by Gasteiger charge is 2.18. The van der Waals surface area contributed by atoms with E-state index < -0.39 is 0 Å². The molecule has 1 aromatic carbocycles. The molecule has 2 heterocycles. The zero-order valence-corrected chi connectivity index (χ0v) is 11.7. The lowest BCUT2D eigenvalue weighted by Gasteiger charge is -2.21. The number of benzene rings is 1. The van der Waals surface area contributed by atoms with Gasteiger partial charge >= 0.3 is 0 Å². The van der Waals surface area contributed by atoms with E-state index in [1.165, 1.54) is 6.07 Å². The van der Waals surface area contributed by atoms with E-state index in [1.54, 1.807) is 18.3 Å². The summed E-state index contributed by atoms with van der Waals surface area (Å²) in [6, 6.07) is 4.98. The number of morpholine rings is 1. The lowest BCUT2D eigenvalue weighted by molar-refractivity contribution is 0.0745. The first-order chi connectivity index (χ1) is 9.24. The van der Waals surface area contributed by atoms with Gasteiger partial charge in [-0.3, -0.25) is 0 Å². The molecule has 2 aromatic rings. The Morgan fingerprint density at radius 3 is 3.05 bits per heavy atom. The molecule has 0 radical (unpaired) electrons. The van der Waals surface area contributed by atoms with Crippen molar-refractivity contribution in [3.63, 3.8) is 0 Å². The molecule has 0 aliphatic carbocycles. The first-order valence-electron chi connectivity index (χ1n) is 6.05. The molecule has 0 amide bonds. The highest BCUT2D eigenvalue weighted by atomic mass is 79.9. The molecular formula is C13H13BrFN3O. The molecular weight excluding hydrogens is 313 g/mol. The maximum absolute atomic E-state index is 13.2. The topological polar surface area (TPSA) is 49.9 Å². The van der Waals surface area contributed by atoms with Crippen molar-refractivity contribution in [2.24, 2.45) is 0 Å². The minimum atomic E-state index is -0.272. The van der Waals surface area contributed by atoms with E-state index in [0.29, 0.717) is 11.1 Å². The number of nitrogens with one attached hydrogen (secondary N) is 2. The molecule has 19 heavy (non-hydrogen) atoms. The van der Waals surface area contributed by atoms with E-state index in [-0.39, 0.29) is 11.9 Å². The van der Waals surface area contributed by atoms with Gasteiger partial charge in [-0.05, 0) is 34.1 Å². The van der Waals surface area contributed by atoms with Crippen LogP contribution in [-0.2, 0) is 4.74 Å². The molecule has 6 heteroatoms. The second kappa shape index (κ2) is 5.40. The molecule has 0 spiro atoms. The lowest BCUT2D eigenvalue weighted by atomic mass is 10.2. The quantitative estimate of drug-likeness (QED) is 0.892. The standard InChI is InChI=1S/C13H13BrFN3O/c14-9-5-8(1-2-10(9)15)11-6-17-13(18-11)12-7-19-4-3-16-12/h1-2,5-6,12,16H,3-4,7H2,(H,17,18). The molecule has 1 saturated heterocycles. The van der Waals surface area contributed by atoms with E-state index in [9.17, 15) is 4.39 Å². The van der Waals surface area contributed by atoms with Gasteiger partial charge in [-0.2, -0.15) is 0 Å². The van der Waals surface area contributed by atoms with Crippen LogP contribution in [0.3, 0.4) is 0 Å². The number of hydrogen-bond acceptors (Lipinski definition) is 3. The Morgan fingerprint density at radius 2 is 2.32 bits per heavy atom. The highest BCUT2D eigenvalue weighted by Crippen LogP contribution is 2.25. The largest absolute Gasteiger partial charge is 0.378 e. The van der Waals surface area contributed by atoms with E-state index in [4.69, 9.17) is 4.74 Å². The second-order valence-corrected chi connectivity index (χ2v) is 5.25. The molecule has 1 aliphatic heterocycles. The summed E-state index contributed by atoms with van der Waals surface area (Å²) < 4.78 is 19.1. The lowest BCUT2D eigenvalue weighted by Crippen LogP contribution is -2.35. The van der Waals surface area contributed by atoms with Gasteiger partial charge in [-0.1, -0.05) is 0 Å². The van der Waals surface area contributed by atoms with Crippen molar-refractivity contribution in [1.82, 2.24) is 15.3 Å². The van der Waals surface area contributed by atoms with E-state index in [0.717, 1.165) is 30.2 Å². The predicted molar refractivity (Wildman–Crippen MR) is 73.2 cm³/mol. The summed E-state index contributed by atoms with van der Waals surface area (Å²) in [5, 5.41) is 3.33. The van der Waals surface area contributed by atoms with Crippen LogP contribution in [0.15, 0.2) is 28.9 Å².